The Hall–Kier alpha value is -3.54. The van der Waals surface area contributed by atoms with Crippen molar-refractivity contribution in [2.75, 3.05) is 24.3 Å². The maximum atomic E-state index is 12.1. The normalized spacial score (nSPS) is 10.3. The average Bonchev–Trinajstić information content (AvgIpc) is 2.66. The summed E-state index contributed by atoms with van der Waals surface area (Å²) in [6.07, 6.45) is 4.76. The summed E-state index contributed by atoms with van der Waals surface area (Å²) in [4.78, 5) is 23.7. The van der Waals surface area contributed by atoms with Gasteiger partial charge < -0.3 is 20.7 Å². The highest BCUT2D eigenvalue weighted by atomic mass is 16.5. The van der Waals surface area contributed by atoms with E-state index in [1.165, 1.54) is 6.08 Å². The fourth-order valence-electron chi connectivity index (χ4n) is 2.31. The van der Waals surface area contributed by atoms with Gasteiger partial charge in [0, 0.05) is 29.6 Å². The number of anilines is 2. The lowest BCUT2D eigenvalue weighted by Gasteiger charge is -2.08. The van der Waals surface area contributed by atoms with E-state index in [0.29, 0.717) is 23.7 Å². The molecule has 2 rings (SSSR count). The van der Waals surface area contributed by atoms with E-state index in [2.05, 4.69) is 22.5 Å². The van der Waals surface area contributed by atoms with Crippen molar-refractivity contribution in [3.63, 3.8) is 0 Å². The van der Waals surface area contributed by atoms with Crippen LogP contribution >= 0.6 is 0 Å². The number of methoxy groups -OCH3 is 1. The summed E-state index contributed by atoms with van der Waals surface area (Å²) in [5.74, 6) is 0.442. The third kappa shape index (κ3) is 6.36. The molecular formula is C21H23N3O3. The standard InChI is InChI=1S/C21H23N3O3/c1-4-13-22-21(26)24-18-9-7-17(8-10-18)23-20(25)12-6-16-14-15(2)5-11-19(16)27-3/h4-12,14H,1,13H2,2-3H3,(H,23,25)(H2,22,24,26)/b12-6+. The van der Waals surface area contributed by atoms with Crippen molar-refractivity contribution in [1.82, 2.24) is 5.32 Å². The molecule has 0 saturated heterocycles. The SMILES string of the molecule is C=CCNC(=O)Nc1ccc(NC(=O)/C=C/c2cc(C)ccc2OC)cc1. The minimum Gasteiger partial charge on any atom is -0.496 e. The Morgan fingerprint density at radius 3 is 2.37 bits per heavy atom. The van der Waals surface area contributed by atoms with Gasteiger partial charge in [-0.05, 0) is 49.4 Å². The van der Waals surface area contributed by atoms with E-state index in [1.54, 1.807) is 43.5 Å². The van der Waals surface area contributed by atoms with Gasteiger partial charge in [0.1, 0.15) is 5.75 Å². The van der Waals surface area contributed by atoms with Gasteiger partial charge >= 0.3 is 6.03 Å². The third-order valence-corrected chi connectivity index (χ3v) is 3.62. The lowest BCUT2D eigenvalue weighted by molar-refractivity contribution is -0.111. The number of rotatable bonds is 7. The monoisotopic (exact) mass is 365 g/mol. The molecule has 3 amide bonds. The first-order valence-electron chi connectivity index (χ1n) is 8.41. The number of hydrogen-bond acceptors (Lipinski definition) is 3. The number of ether oxygens (including phenoxy) is 1. The number of hydrogen-bond donors (Lipinski definition) is 3. The van der Waals surface area contributed by atoms with Crippen molar-refractivity contribution < 1.29 is 14.3 Å². The van der Waals surface area contributed by atoms with Crippen LogP contribution in [0.4, 0.5) is 16.2 Å². The maximum absolute atomic E-state index is 12.1. The number of carbonyl (C=O) groups excluding carboxylic acids is 2. The van der Waals surface area contributed by atoms with Crippen molar-refractivity contribution in [3.8, 4) is 5.75 Å². The van der Waals surface area contributed by atoms with Crippen LogP contribution < -0.4 is 20.7 Å². The largest absolute Gasteiger partial charge is 0.496 e. The molecule has 140 valence electrons. The van der Waals surface area contributed by atoms with Crippen LogP contribution in [-0.2, 0) is 4.79 Å². The summed E-state index contributed by atoms with van der Waals surface area (Å²) in [6.45, 7) is 5.90. The molecule has 27 heavy (non-hydrogen) atoms. The van der Waals surface area contributed by atoms with Gasteiger partial charge in [-0.3, -0.25) is 4.79 Å². The topological polar surface area (TPSA) is 79.5 Å². The highest BCUT2D eigenvalue weighted by Gasteiger charge is 2.03. The summed E-state index contributed by atoms with van der Waals surface area (Å²) in [6, 6.07) is 12.3. The molecule has 0 bridgehead atoms. The zero-order chi connectivity index (χ0) is 19.6. The average molecular weight is 365 g/mol. The van der Waals surface area contributed by atoms with Crippen molar-refractivity contribution in [2.24, 2.45) is 0 Å². The van der Waals surface area contributed by atoms with Crippen molar-refractivity contribution in [2.45, 2.75) is 6.92 Å². The Bertz CT molecular complexity index is 842. The van der Waals surface area contributed by atoms with Gasteiger partial charge in [-0.15, -0.1) is 6.58 Å². The number of urea groups is 1. The van der Waals surface area contributed by atoms with Crippen LogP contribution in [0.15, 0.2) is 61.2 Å². The van der Waals surface area contributed by atoms with E-state index >= 15 is 0 Å². The van der Waals surface area contributed by atoms with E-state index in [9.17, 15) is 9.59 Å². The molecule has 0 aliphatic rings. The Balaban J connectivity index is 1.95. The van der Waals surface area contributed by atoms with Crippen LogP contribution in [0.3, 0.4) is 0 Å². The molecule has 0 unspecified atom stereocenters. The molecule has 0 heterocycles. The molecular weight excluding hydrogens is 342 g/mol. The lowest BCUT2D eigenvalue weighted by Crippen LogP contribution is -2.28. The maximum Gasteiger partial charge on any atom is 0.319 e. The summed E-state index contributed by atoms with van der Waals surface area (Å²) in [5, 5.41) is 8.07. The Kier molecular flexibility index (Phi) is 7.19. The Labute approximate surface area is 158 Å². The zero-order valence-electron chi connectivity index (χ0n) is 15.4. The zero-order valence-corrected chi connectivity index (χ0v) is 15.4. The molecule has 0 radical (unpaired) electrons. The number of carbonyl (C=O) groups is 2. The molecule has 6 nitrogen and oxygen atoms in total. The van der Waals surface area contributed by atoms with E-state index in [1.807, 2.05) is 25.1 Å². The highest BCUT2D eigenvalue weighted by Crippen LogP contribution is 2.21. The van der Waals surface area contributed by atoms with Crippen LogP contribution in [0.5, 0.6) is 5.75 Å². The first-order chi connectivity index (χ1) is 13.0. The van der Waals surface area contributed by atoms with E-state index < -0.39 is 0 Å². The number of aryl methyl sites for hydroxylation is 1. The smallest absolute Gasteiger partial charge is 0.319 e. The van der Waals surface area contributed by atoms with E-state index in [-0.39, 0.29) is 11.9 Å². The number of amides is 3. The number of nitrogens with one attached hydrogen (secondary N) is 3. The fraction of sp³-hybridized carbons (Fsp3) is 0.143. The van der Waals surface area contributed by atoms with Gasteiger partial charge in [-0.2, -0.15) is 0 Å². The first-order valence-corrected chi connectivity index (χ1v) is 8.41. The summed E-state index contributed by atoms with van der Waals surface area (Å²) >= 11 is 0. The van der Waals surface area contributed by atoms with Gasteiger partial charge in [0.2, 0.25) is 5.91 Å². The van der Waals surface area contributed by atoms with Crippen LogP contribution in [0.2, 0.25) is 0 Å². The van der Waals surface area contributed by atoms with Crippen LogP contribution in [0.25, 0.3) is 6.08 Å². The van der Waals surface area contributed by atoms with Crippen molar-refractivity contribution in [1.29, 1.82) is 0 Å². The summed E-state index contributed by atoms with van der Waals surface area (Å²) in [7, 11) is 1.59. The molecule has 2 aromatic rings. The summed E-state index contributed by atoms with van der Waals surface area (Å²) < 4.78 is 5.29. The minimum atomic E-state index is -0.318. The van der Waals surface area contributed by atoms with E-state index in [0.717, 1.165) is 11.1 Å². The predicted molar refractivity (Wildman–Crippen MR) is 109 cm³/mol. The molecule has 0 aromatic heterocycles. The van der Waals surface area contributed by atoms with Gasteiger partial charge in [0.25, 0.3) is 0 Å². The molecule has 0 aliphatic carbocycles. The van der Waals surface area contributed by atoms with Crippen molar-refractivity contribution >= 4 is 29.4 Å². The Morgan fingerprint density at radius 1 is 1.07 bits per heavy atom. The van der Waals surface area contributed by atoms with Crippen molar-refractivity contribution in [3.05, 3.63) is 72.3 Å². The second-order valence-corrected chi connectivity index (χ2v) is 5.77. The molecule has 3 N–H and O–H groups in total. The highest BCUT2D eigenvalue weighted by molar-refractivity contribution is 6.02. The molecule has 0 atom stereocenters. The van der Waals surface area contributed by atoms with E-state index in [4.69, 9.17) is 4.74 Å². The Morgan fingerprint density at radius 2 is 1.74 bits per heavy atom. The van der Waals surface area contributed by atoms with Gasteiger partial charge in [0.05, 0.1) is 7.11 Å². The third-order valence-electron chi connectivity index (χ3n) is 3.62. The second kappa shape index (κ2) is 9.82. The quantitative estimate of drug-likeness (QED) is 0.513. The van der Waals surface area contributed by atoms with Gasteiger partial charge in [0.15, 0.2) is 0 Å². The van der Waals surface area contributed by atoms with Crippen LogP contribution in [0, 0.1) is 6.92 Å². The molecule has 0 fully saturated rings. The lowest BCUT2D eigenvalue weighted by atomic mass is 10.1. The fourth-order valence-corrected chi connectivity index (χ4v) is 2.31. The molecule has 0 saturated carbocycles. The number of benzene rings is 2. The molecule has 6 heteroatoms. The van der Waals surface area contributed by atoms with Crippen LogP contribution in [0.1, 0.15) is 11.1 Å². The molecule has 0 aliphatic heterocycles. The minimum absolute atomic E-state index is 0.261. The predicted octanol–water partition coefficient (Wildman–Crippen LogP) is 3.96. The molecule has 0 spiro atoms. The van der Waals surface area contributed by atoms with Crippen LogP contribution in [-0.4, -0.2) is 25.6 Å². The first kappa shape index (κ1) is 19.8. The van der Waals surface area contributed by atoms with Gasteiger partial charge in [-0.25, -0.2) is 4.79 Å². The van der Waals surface area contributed by atoms with Gasteiger partial charge in [-0.1, -0.05) is 17.7 Å². The summed E-state index contributed by atoms with van der Waals surface area (Å²) in [5.41, 5.74) is 3.15. The molecule has 2 aromatic carbocycles. The second-order valence-electron chi connectivity index (χ2n) is 5.77.